The highest BCUT2D eigenvalue weighted by Gasteiger charge is 2.21. The summed E-state index contributed by atoms with van der Waals surface area (Å²) in [6.07, 6.45) is 1.42. The number of benzene rings is 2. The fraction of sp³-hybridized carbons (Fsp3) is 0.348. The van der Waals surface area contributed by atoms with Gasteiger partial charge in [0, 0.05) is 49.1 Å². The second-order valence-corrected chi connectivity index (χ2v) is 7.04. The minimum absolute atomic E-state index is 0.0300. The second-order valence-electron chi connectivity index (χ2n) is 7.04. The Morgan fingerprint density at radius 3 is 2.47 bits per heavy atom. The van der Waals surface area contributed by atoms with Crippen LogP contribution >= 0.6 is 0 Å². The lowest BCUT2D eigenvalue weighted by Gasteiger charge is -2.18. The maximum atomic E-state index is 12.3. The minimum atomic E-state index is -0.305. The highest BCUT2D eigenvalue weighted by Crippen LogP contribution is 2.25. The van der Waals surface area contributed by atoms with Gasteiger partial charge in [-0.3, -0.25) is 14.4 Å². The number of hydrogen-bond acceptors (Lipinski definition) is 4. The van der Waals surface area contributed by atoms with Crippen LogP contribution in [0.3, 0.4) is 0 Å². The molecule has 0 bridgehead atoms. The van der Waals surface area contributed by atoms with Gasteiger partial charge in [-0.15, -0.1) is 0 Å². The molecule has 0 atom stereocenters. The first-order valence-electron chi connectivity index (χ1n) is 10.2. The molecule has 1 saturated heterocycles. The maximum absolute atomic E-state index is 12.3. The van der Waals surface area contributed by atoms with Gasteiger partial charge < -0.3 is 19.9 Å². The zero-order valence-corrected chi connectivity index (χ0v) is 17.4. The molecule has 1 aliphatic rings. The lowest BCUT2D eigenvalue weighted by Crippen LogP contribution is -2.30. The maximum Gasteiger partial charge on any atom is 0.262 e. The molecule has 0 aliphatic carbocycles. The van der Waals surface area contributed by atoms with E-state index in [0.29, 0.717) is 43.1 Å². The van der Waals surface area contributed by atoms with E-state index >= 15 is 0 Å². The van der Waals surface area contributed by atoms with Crippen LogP contribution in [0.4, 0.5) is 11.4 Å². The fourth-order valence-electron chi connectivity index (χ4n) is 3.40. The van der Waals surface area contributed by atoms with Gasteiger partial charge in [-0.05, 0) is 56.7 Å². The smallest absolute Gasteiger partial charge is 0.262 e. The molecular weight excluding hydrogens is 382 g/mol. The van der Waals surface area contributed by atoms with Crippen LogP contribution in [0.25, 0.3) is 0 Å². The average Bonchev–Trinajstić information content (AvgIpc) is 3.20. The van der Waals surface area contributed by atoms with Gasteiger partial charge in [0.05, 0.1) is 0 Å². The Morgan fingerprint density at radius 1 is 1.10 bits per heavy atom. The van der Waals surface area contributed by atoms with Crippen molar-refractivity contribution in [1.29, 1.82) is 0 Å². The minimum Gasteiger partial charge on any atom is -0.484 e. The summed E-state index contributed by atoms with van der Waals surface area (Å²) in [5.74, 6) is 0.299. The number of anilines is 2. The molecule has 1 N–H and O–H groups in total. The zero-order chi connectivity index (χ0) is 21.5. The van der Waals surface area contributed by atoms with Gasteiger partial charge in [-0.25, -0.2) is 0 Å². The van der Waals surface area contributed by atoms with E-state index in [1.165, 1.54) is 0 Å². The Morgan fingerprint density at radius 2 is 1.83 bits per heavy atom. The van der Waals surface area contributed by atoms with Crippen LogP contribution in [0.2, 0.25) is 0 Å². The van der Waals surface area contributed by atoms with E-state index in [9.17, 15) is 14.4 Å². The van der Waals surface area contributed by atoms with E-state index < -0.39 is 0 Å². The van der Waals surface area contributed by atoms with E-state index in [-0.39, 0.29) is 24.3 Å². The van der Waals surface area contributed by atoms with Gasteiger partial charge in [0.2, 0.25) is 5.91 Å². The van der Waals surface area contributed by atoms with Crippen molar-refractivity contribution in [2.24, 2.45) is 0 Å². The number of nitrogens with zero attached hydrogens (tertiary/aromatic N) is 2. The Bertz CT molecular complexity index is 907. The first-order valence-corrected chi connectivity index (χ1v) is 10.2. The van der Waals surface area contributed by atoms with Gasteiger partial charge in [-0.1, -0.05) is 6.07 Å². The highest BCUT2D eigenvalue weighted by molar-refractivity contribution is 5.96. The van der Waals surface area contributed by atoms with Crippen LogP contribution in [-0.4, -0.2) is 48.9 Å². The topological polar surface area (TPSA) is 79.0 Å². The molecule has 1 aliphatic heterocycles. The standard InChI is InChI=1S/C23H27N3O4/c1-3-25(4-2)23(29)17-10-12-18(13-11-17)24-21(27)16-30-20-8-5-7-19(15-20)26-14-6-9-22(26)28/h5,7-8,10-13,15H,3-4,6,9,14,16H2,1-2H3,(H,24,27). The van der Waals surface area contributed by atoms with Gasteiger partial charge in [0.15, 0.2) is 6.61 Å². The molecule has 0 unspecified atom stereocenters. The van der Waals surface area contributed by atoms with Crippen LogP contribution < -0.4 is 15.0 Å². The molecule has 158 valence electrons. The second kappa shape index (κ2) is 9.91. The van der Waals surface area contributed by atoms with E-state index in [2.05, 4.69) is 5.32 Å². The van der Waals surface area contributed by atoms with E-state index in [1.54, 1.807) is 52.3 Å². The Labute approximate surface area is 176 Å². The van der Waals surface area contributed by atoms with Gasteiger partial charge in [0.1, 0.15) is 5.75 Å². The number of nitrogens with one attached hydrogen (secondary N) is 1. The molecule has 0 saturated carbocycles. The first kappa shape index (κ1) is 21.4. The largest absolute Gasteiger partial charge is 0.484 e. The Hall–Kier alpha value is -3.35. The van der Waals surface area contributed by atoms with Crippen LogP contribution in [0.5, 0.6) is 5.75 Å². The third kappa shape index (κ3) is 5.17. The van der Waals surface area contributed by atoms with Gasteiger partial charge in [-0.2, -0.15) is 0 Å². The summed E-state index contributed by atoms with van der Waals surface area (Å²) < 4.78 is 5.59. The number of hydrogen-bond donors (Lipinski definition) is 1. The van der Waals surface area contributed by atoms with Crippen LogP contribution in [-0.2, 0) is 9.59 Å². The van der Waals surface area contributed by atoms with Crippen LogP contribution in [0.15, 0.2) is 48.5 Å². The summed E-state index contributed by atoms with van der Waals surface area (Å²) in [5, 5.41) is 2.76. The van der Waals surface area contributed by atoms with Crippen molar-refractivity contribution < 1.29 is 19.1 Å². The zero-order valence-electron chi connectivity index (χ0n) is 17.4. The molecule has 7 heteroatoms. The van der Waals surface area contributed by atoms with Crippen molar-refractivity contribution >= 4 is 29.1 Å². The fourth-order valence-corrected chi connectivity index (χ4v) is 3.40. The Kier molecular flexibility index (Phi) is 7.06. The van der Waals surface area contributed by atoms with Crippen LogP contribution in [0, 0.1) is 0 Å². The highest BCUT2D eigenvalue weighted by atomic mass is 16.5. The number of carbonyl (C=O) groups is 3. The quantitative estimate of drug-likeness (QED) is 0.726. The molecule has 0 radical (unpaired) electrons. The molecule has 3 amide bonds. The number of amides is 3. The molecule has 2 aromatic carbocycles. The molecule has 1 heterocycles. The molecule has 0 aromatic heterocycles. The number of ether oxygens (including phenoxy) is 1. The molecule has 7 nitrogen and oxygen atoms in total. The third-order valence-corrected chi connectivity index (χ3v) is 5.04. The number of rotatable bonds is 8. The molecule has 0 spiro atoms. The predicted octanol–water partition coefficient (Wildman–Crippen LogP) is 3.31. The molecule has 2 aromatic rings. The lowest BCUT2D eigenvalue weighted by molar-refractivity contribution is -0.118. The molecular formula is C23H27N3O4. The number of carbonyl (C=O) groups excluding carboxylic acids is 3. The third-order valence-electron chi connectivity index (χ3n) is 5.04. The van der Waals surface area contributed by atoms with Crippen LogP contribution in [0.1, 0.15) is 37.0 Å². The Balaban J connectivity index is 1.54. The van der Waals surface area contributed by atoms with Gasteiger partial charge in [0.25, 0.3) is 11.8 Å². The van der Waals surface area contributed by atoms with Gasteiger partial charge >= 0.3 is 0 Å². The van der Waals surface area contributed by atoms with E-state index in [4.69, 9.17) is 4.74 Å². The average molecular weight is 409 g/mol. The monoisotopic (exact) mass is 409 g/mol. The van der Waals surface area contributed by atoms with Crippen molar-refractivity contribution in [3.63, 3.8) is 0 Å². The summed E-state index contributed by atoms with van der Waals surface area (Å²) in [5.41, 5.74) is 1.96. The predicted molar refractivity (Wildman–Crippen MR) is 116 cm³/mol. The summed E-state index contributed by atoms with van der Waals surface area (Å²) >= 11 is 0. The van der Waals surface area contributed by atoms with Crippen molar-refractivity contribution in [2.75, 3.05) is 36.5 Å². The van der Waals surface area contributed by atoms with Crippen molar-refractivity contribution in [1.82, 2.24) is 4.90 Å². The van der Waals surface area contributed by atoms with E-state index in [0.717, 1.165) is 12.1 Å². The molecule has 1 fully saturated rings. The lowest BCUT2D eigenvalue weighted by atomic mass is 10.2. The summed E-state index contributed by atoms with van der Waals surface area (Å²) in [7, 11) is 0. The summed E-state index contributed by atoms with van der Waals surface area (Å²) in [4.78, 5) is 39.9. The summed E-state index contributed by atoms with van der Waals surface area (Å²) in [6.45, 7) is 5.73. The van der Waals surface area contributed by atoms with Crippen molar-refractivity contribution in [2.45, 2.75) is 26.7 Å². The SMILES string of the molecule is CCN(CC)C(=O)c1ccc(NC(=O)COc2cccc(N3CCCC3=O)c2)cc1. The first-order chi connectivity index (χ1) is 14.5. The van der Waals surface area contributed by atoms with Crippen molar-refractivity contribution in [3.05, 3.63) is 54.1 Å². The molecule has 30 heavy (non-hydrogen) atoms. The molecule has 3 rings (SSSR count). The van der Waals surface area contributed by atoms with Crippen molar-refractivity contribution in [3.8, 4) is 5.75 Å². The normalized spacial score (nSPS) is 13.3. The summed E-state index contributed by atoms with van der Waals surface area (Å²) in [6, 6.07) is 14.0. The van der Waals surface area contributed by atoms with E-state index in [1.807, 2.05) is 19.9 Å².